The molecule has 14 heavy (non-hydrogen) atoms. The molecule has 1 heterocycles. The Morgan fingerprint density at radius 3 is 2.86 bits per heavy atom. The molecule has 2 rings (SSSR count). The zero-order valence-corrected chi connectivity index (χ0v) is 8.85. The van der Waals surface area contributed by atoms with Crippen LogP contribution in [0, 0.1) is 0 Å². The van der Waals surface area contributed by atoms with Gasteiger partial charge in [-0.05, 0) is 25.1 Å². The number of benzene rings is 1. The van der Waals surface area contributed by atoms with E-state index in [1.165, 1.54) is 0 Å². The molecule has 2 aromatic rings. The SMILES string of the molecule is COc1ccc2scc(C(C)=O)c2c1. The van der Waals surface area contributed by atoms with Gasteiger partial charge in [-0.1, -0.05) is 0 Å². The number of carbonyl (C=O) groups excluding carboxylic acids is 1. The molecule has 0 N–H and O–H groups in total. The van der Waals surface area contributed by atoms with Gasteiger partial charge >= 0.3 is 0 Å². The summed E-state index contributed by atoms with van der Waals surface area (Å²) in [5.74, 6) is 0.892. The Kier molecular flexibility index (Phi) is 2.25. The third kappa shape index (κ3) is 1.40. The van der Waals surface area contributed by atoms with Crippen LogP contribution in [0.3, 0.4) is 0 Å². The number of Topliss-reactive ketones (excluding diaryl/α,β-unsaturated/α-hetero) is 1. The van der Waals surface area contributed by atoms with E-state index in [4.69, 9.17) is 4.74 Å². The van der Waals surface area contributed by atoms with Gasteiger partial charge < -0.3 is 4.74 Å². The third-order valence-electron chi connectivity index (χ3n) is 2.16. The van der Waals surface area contributed by atoms with Gasteiger partial charge in [-0.3, -0.25) is 4.79 Å². The highest BCUT2D eigenvalue weighted by atomic mass is 32.1. The second-order valence-corrected chi connectivity index (χ2v) is 3.98. The van der Waals surface area contributed by atoms with Gasteiger partial charge in [-0.15, -0.1) is 11.3 Å². The second-order valence-electron chi connectivity index (χ2n) is 3.07. The first-order valence-electron chi connectivity index (χ1n) is 4.28. The van der Waals surface area contributed by atoms with Crippen molar-refractivity contribution in [1.82, 2.24) is 0 Å². The summed E-state index contributed by atoms with van der Waals surface area (Å²) in [5, 5.41) is 2.88. The number of ether oxygens (including phenoxy) is 1. The number of thiophene rings is 1. The van der Waals surface area contributed by atoms with Gasteiger partial charge in [0.25, 0.3) is 0 Å². The van der Waals surface area contributed by atoms with Crippen LogP contribution < -0.4 is 4.74 Å². The highest BCUT2D eigenvalue weighted by molar-refractivity contribution is 7.17. The van der Waals surface area contributed by atoms with Crippen molar-refractivity contribution in [2.45, 2.75) is 6.92 Å². The van der Waals surface area contributed by atoms with Crippen molar-refractivity contribution in [2.75, 3.05) is 7.11 Å². The maximum absolute atomic E-state index is 11.3. The molecule has 1 aromatic heterocycles. The molecule has 0 fully saturated rings. The molecule has 2 nitrogen and oxygen atoms in total. The van der Waals surface area contributed by atoms with E-state index in [-0.39, 0.29) is 5.78 Å². The fourth-order valence-corrected chi connectivity index (χ4v) is 2.39. The monoisotopic (exact) mass is 206 g/mol. The summed E-state index contributed by atoms with van der Waals surface area (Å²) in [4.78, 5) is 11.3. The fourth-order valence-electron chi connectivity index (χ4n) is 1.41. The average Bonchev–Trinajstić information content (AvgIpc) is 2.59. The van der Waals surface area contributed by atoms with Crippen LogP contribution in [0.2, 0.25) is 0 Å². The van der Waals surface area contributed by atoms with Crippen molar-refractivity contribution >= 4 is 27.2 Å². The van der Waals surface area contributed by atoms with Crippen molar-refractivity contribution in [3.05, 3.63) is 29.1 Å². The largest absolute Gasteiger partial charge is 0.497 e. The number of rotatable bonds is 2. The fraction of sp³-hybridized carbons (Fsp3) is 0.182. The number of carbonyl (C=O) groups is 1. The van der Waals surface area contributed by atoms with E-state index in [1.54, 1.807) is 25.4 Å². The predicted octanol–water partition coefficient (Wildman–Crippen LogP) is 3.11. The molecule has 3 heteroatoms. The number of methoxy groups -OCH3 is 1. The predicted molar refractivity (Wildman–Crippen MR) is 58.4 cm³/mol. The van der Waals surface area contributed by atoms with Crippen molar-refractivity contribution in [3.8, 4) is 5.75 Å². The van der Waals surface area contributed by atoms with Crippen LogP contribution in [0.5, 0.6) is 5.75 Å². The minimum absolute atomic E-state index is 0.101. The molecule has 0 spiro atoms. The lowest BCUT2D eigenvalue weighted by Crippen LogP contribution is -1.89. The summed E-state index contributed by atoms with van der Waals surface area (Å²) in [6.45, 7) is 1.58. The maximum Gasteiger partial charge on any atom is 0.161 e. The van der Waals surface area contributed by atoms with Gasteiger partial charge in [0.1, 0.15) is 5.75 Å². The van der Waals surface area contributed by atoms with Crippen molar-refractivity contribution in [1.29, 1.82) is 0 Å². The molecular weight excluding hydrogens is 196 g/mol. The van der Waals surface area contributed by atoms with Crippen LogP contribution in [0.15, 0.2) is 23.6 Å². The molecule has 0 unspecified atom stereocenters. The maximum atomic E-state index is 11.3. The standard InChI is InChI=1S/C11H10O2S/c1-7(12)10-6-14-11-4-3-8(13-2)5-9(10)11/h3-6H,1-2H3. The van der Waals surface area contributed by atoms with Crippen LogP contribution in [-0.4, -0.2) is 12.9 Å². The first-order valence-corrected chi connectivity index (χ1v) is 5.16. The van der Waals surface area contributed by atoms with E-state index in [2.05, 4.69) is 0 Å². The van der Waals surface area contributed by atoms with E-state index < -0.39 is 0 Å². The molecule has 0 atom stereocenters. The zero-order chi connectivity index (χ0) is 10.1. The van der Waals surface area contributed by atoms with Crippen LogP contribution in [0.4, 0.5) is 0 Å². The number of hydrogen-bond donors (Lipinski definition) is 0. The summed E-state index contributed by atoms with van der Waals surface area (Å²) in [7, 11) is 1.63. The molecule has 1 aromatic carbocycles. The Morgan fingerprint density at radius 2 is 2.21 bits per heavy atom. The lowest BCUT2D eigenvalue weighted by Gasteiger charge is -1.99. The molecule has 0 bridgehead atoms. The van der Waals surface area contributed by atoms with Crippen LogP contribution >= 0.6 is 11.3 Å². The summed E-state index contributed by atoms with van der Waals surface area (Å²) >= 11 is 1.59. The van der Waals surface area contributed by atoms with Crippen molar-refractivity contribution in [2.24, 2.45) is 0 Å². The Labute approximate surface area is 86.1 Å². The van der Waals surface area contributed by atoms with E-state index in [1.807, 2.05) is 23.6 Å². The molecule has 0 saturated carbocycles. The lowest BCUT2D eigenvalue weighted by molar-refractivity contribution is 0.101. The van der Waals surface area contributed by atoms with Gasteiger partial charge in [0.05, 0.1) is 7.11 Å². The molecule has 0 radical (unpaired) electrons. The van der Waals surface area contributed by atoms with E-state index >= 15 is 0 Å². The first kappa shape index (κ1) is 9.21. The van der Waals surface area contributed by atoms with E-state index in [9.17, 15) is 4.79 Å². The minimum Gasteiger partial charge on any atom is -0.497 e. The smallest absolute Gasteiger partial charge is 0.161 e. The van der Waals surface area contributed by atoms with Gasteiger partial charge in [-0.25, -0.2) is 0 Å². The molecule has 72 valence electrons. The topological polar surface area (TPSA) is 26.3 Å². The zero-order valence-electron chi connectivity index (χ0n) is 8.03. The molecular formula is C11H10O2S. The Bertz CT molecular complexity index is 485. The molecule has 0 aliphatic carbocycles. The van der Waals surface area contributed by atoms with Crippen LogP contribution in [0.1, 0.15) is 17.3 Å². The van der Waals surface area contributed by atoms with Crippen LogP contribution in [-0.2, 0) is 0 Å². The highest BCUT2D eigenvalue weighted by Gasteiger charge is 2.08. The Balaban J connectivity index is 2.69. The quantitative estimate of drug-likeness (QED) is 0.706. The molecule has 0 amide bonds. The Hall–Kier alpha value is -1.35. The van der Waals surface area contributed by atoms with Crippen molar-refractivity contribution < 1.29 is 9.53 Å². The van der Waals surface area contributed by atoms with Crippen LogP contribution in [0.25, 0.3) is 10.1 Å². The number of hydrogen-bond acceptors (Lipinski definition) is 3. The second kappa shape index (κ2) is 3.42. The molecule has 0 saturated heterocycles. The Morgan fingerprint density at radius 1 is 1.43 bits per heavy atom. The highest BCUT2D eigenvalue weighted by Crippen LogP contribution is 2.29. The summed E-state index contributed by atoms with van der Waals surface area (Å²) in [6.07, 6.45) is 0. The number of ketones is 1. The first-order chi connectivity index (χ1) is 6.72. The normalized spacial score (nSPS) is 10.4. The van der Waals surface area contributed by atoms with Gasteiger partial charge in [-0.2, -0.15) is 0 Å². The van der Waals surface area contributed by atoms with Gasteiger partial charge in [0.2, 0.25) is 0 Å². The average molecular weight is 206 g/mol. The lowest BCUT2D eigenvalue weighted by atomic mass is 10.1. The molecule has 0 aliphatic heterocycles. The summed E-state index contributed by atoms with van der Waals surface area (Å²) in [5.41, 5.74) is 0.781. The van der Waals surface area contributed by atoms with E-state index in [0.29, 0.717) is 0 Å². The van der Waals surface area contributed by atoms with Gasteiger partial charge in [0.15, 0.2) is 5.78 Å². The van der Waals surface area contributed by atoms with Gasteiger partial charge in [0, 0.05) is 21.0 Å². The summed E-state index contributed by atoms with van der Waals surface area (Å²) in [6, 6.07) is 5.79. The molecule has 0 aliphatic rings. The van der Waals surface area contributed by atoms with E-state index in [0.717, 1.165) is 21.4 Å². The van der Waals surface area contributed by atoms with Crippen molar-refractivity contribution in [3.63, 3.8) is 0 Å². The minimum atomic E-state index is 0.101. The number of fused-ring (bicyclic) bond motifs is 1. The third-order valence-corrected chi connectivity index (χ3v) is 3.12. The summed E-state index contributed by atoms with van der Waals surface area (Å²) < 4.78 is 6.24.